The molecule has 2 heterocycles. The lowest BCUT2D eigenvalue weighted by atomic mass is 10.0. The van der Waals surface area contributed by atoms with Crippen LogP contribution in [0.1, 0.15) is 78.4 Å². The molecule has 8 amide bonds. The van der Waals surface area contributed by atoms with Crippen molar-refractivity contribution in [3.63, 3.8) is 0 Å². The third-order valence-corrected chi connectivity index (χ3v) is 13.6. The lowest BCUT2D eigenvalue weighted by molar-refractivity contribution is -0.144. The Labute approximate surface area is 473 Å². The molecule has 26 nitrogen and oxygen atoms in total. The minimum absolute atomic E-state index is 0.00701. The van der Waals surface area contributed by atoms with Gasteiger partial charge in [0.05, 0.1) is 45.6 Å². The third kappa shape index (κ3) is 22.0. The summed E-state index contributed by atoms with van der Waals surface area (Å²) in [6, 6.07) is 3.09. The second-order valence-corrected chi connectivity index (χ2v) is 21.4. The Hall–Kier alpha value is -7.17. The van der Waals surface area contributed by atoms with Gasteiger partial charge in [0.15, 0.2) is 5.12 Å². The number of aromatic nitrogens is 1. The summed E-state index contributed by atoms with van der Waals surface area (Å²) in [6.07, 6.45) is 0.431. The second-order valence-electron chi connectivity index (χ2n) is 20.2. The number of H-pyrrole nitrogens is 1. The largest absolute Gasteiger partial charge is 0.508 e. The van der Waals surface area contributed by atoms with E-state index in [1.165, 1.54) is 38.1 Å². The number of likely N-dealkylation sites (tertiary alicyclic amines) is 1. The van der Waals surface area contributed by atoms with Gasteiger partial charge in [-0.1, -0.05) is 69.8 Å². The van der Waals surface area contributed by atoms with Crippen molar-refractivity contribution in [2.75, 3.05) is 51.9 Å². The number of hydrogen-bond donors (Lipinski definition) is 12. The zero-order valence-corrected chi connectivity index (χ0v) is 47.1. The van der Waals surface area contributed by atoms with Crippen LogP contribution in [-0.2, 0) is 75.1 Å². The number of amides is 8. The van der Waals surface area contributed by atoms with Crippen molar-refractivity contribution in [1.29, 1.82) is 0 Å². The minimum atomic E-state index is -1.66. The average Bonchev–Trinajstić information content (AvgIpc) is 4.11. The minimum Gasteiger partial charge on any atom is -0.508 e. The van der Waals surface area contributed by atoms with E-state index in [1.807, 2.05) is 18.2 Å². The van der Waals surface area contributed by atoms with E-state index in [1.54, 1.807) is 40.0 Å². The van der Waals surface area contributed by atoms with E-state index >= 15 is 0 Å². The number of hydrogen-bond acceptors (Lipinski definition) is 17. The van der Waals surface area contributed by atoms with E-state index in [0.29, 0.717) is 29.9 Å². The standard InChI is InChI=1S/C54H77N9O17S/c1-30(2)24-39(56-45(69)29-79-20-21-80-62-44(68)17-19-78-22-23-81-33(6)66)49(71)61-47(32(5)65)52(74)60-46(31(3)4)51(73)59-42(28-64)53(75)63-18-9-12-43(63)50(72)57-40(26-35-27-55-38-11-8-7-10-37(35)38)48(70)58-41(54(76)77)25-34-13-15-36(67)16-14-34/h7-8,10-11,13-16,27,30-32,39-43,46-47,55,64-65,67H,9,12,17-26,28-29H2,1-6H3,(H,56,69)(H,57,72)(H,58,70)(H,59,73)(H,60,74)(H,61,71)(H,62,68)(H,76,77)/t32-,39+,40?,41?,42+,43+,46+,47+/m1/s1. The number of carboxylic acid groups (broad SMARTS) is 1. The van der Waals surface area contributed by atoms with Crippen molar-refractivity contribution >= 4 is 81.0 Å². The molecule has 2 aromatic carbocycles. The van der Waals surface area contributed by atoms with Crippen LogP contribution in [0.2, 0.25) is 0 Å². The van der Waals surface area contributed by atoms with E-state index in [0.717, 1.165) is 27.6 Å². The number of phenols is 1. The number of aliphatic hydroxyl groups excluding tert-OH is 2. The van der Waals surface area contributed by atoms with E-state index in [4.69, 9.17) is 14.3 Å². The first-order valence-corrected chi connectivity index (χ1v) is 27.6. The molecule has 1 aliphatic heterocycles. The maximum atomic E-state index is 14.2. The Morgan fingerprint density at radius 1 is 0.728 bits per heavy atom. The molecule has 446 valence electrons. The van der Waals surface area contributed by atoms with Crippen molar-refractivity contribution in [2.24, 2.45) is 11.8 Å². The van der Waals surface area contributed by atoms with Crippen LogP contribution in [0, 0.1) is 11.8 Å². The summed E-state index contributed by atoms with van der Waals surface area (Å²) < 4.78 is 10.6. The van der Waals surface area contributed by atoms with Crippen molar-refractivity contribution in [3.05, 3.63) is 65.9 Å². The molecule has 4 rings (SSSR count). The van der Waals surface area contributed by atoms with Crippen LogP contribution in [0.25, 0.3) is 10.9 Å². The fraction of sp³-hybridized carbons (Fsp3) is 0.556. The summed E-state index contributed by atoms with van der Waals surface area (Å²) in [6.45, 7) is 8.13. The predicted octanol–water partition coefficient (Wildman–Crippen LogP) is -0.531. The van der Waals surface area contributed by atoms with Crippen LogP contribution in [0.5, 0.6) is 5.75 Å². The molecular weight excluding hydrogens is 1080 g/mol. The summed E-state index contributed by atoms with van der Waals surface area (Å²) in [7, 11) is 0. The van der Waals surface area contributed by atoms with E-state index in [-0.39, 0.29) is 75.3 Å². The van der Waals surface area contributed by atoms with Crippen LogP contribution in [-0.4, -0.2) is 189 Å². The number of aliphatic carboxylic acids is 1. The maximum Gasteiger partial charge on any atom is 0.326 e. The maximum absolute atomic E-state index is 14.2. The number of aromatic hydroxyl groups is 1. The molecule has 0 radical (unpaired) electrons. The third-order valence-electron chi connectivity index (χ3n) is 12.8. The summed E-state index contributed by atoms with van der Waals surface area (Å²) in [5, 5.41) is 57.0. The summed E-state index contributed by atoms with van der Waals surface area (Å²) in [4.78, 5) is 141. The number of benzene rings is 2. The van der Waals surface area contributed by atoms with Gasteiger partial charge in [-0.2, -0.15) is 0 Å². The number of carboxylic acids is 1. The highest BCUT2D eigenvalue weighted by Gasteiger charge is 2.41. The molecular formula is C54H77N9O17S. The molecule has 2 unspecified atom stereocenters. The molecule has 1 fully saturated rings. The van der Waals surface area contributed by atoms with Gasteiger partial charge in [0.25, 0.3) is 0 Å². The molecule has 0 spiro atoms. The van der Waals surface area contributed by atoms with Crippen LogP contribution < -0.4 is 37.4 Å². The number of nitrogens with one attached hydrogen (secondary N) is 8. The Morgan fingerprint density at radius 3 is 2.05 bits per heavy atom. The van der Waals surface area contributed by atoms with Gasteiger partial charge >= 0.3 is 5.97 Å². The highest BCUT2D eigenvalue weighted by molar-refractivity contribution is 8.13. The lowest BCUT2D eigenvalue weighted by Crippen LogP contribution is -2.62. The first-order valence-electron chi connectivity index (χ1n) is 26.6. The number of para-hydroxylation sites is 1. The van der Waals surface area contributed by atoms with Crippen molar-refractivity contribution < 1.29 is 82.7 Å². The monoisotopic (exact) mass is 1160 g/mol. The zero-order chi connectivity index (χ0) is 59.8. The molecule has 0 saturated carbocycles. The highest BCUT2D eigenvalue weighted by Crippen LogP contribution is 2.22. The molecule has 1 saturated heterocycles. The molecule has 27 heteroatoms. The molecule has 1 aromatic heterocycles. The van der Waals surface area contributed by atoms with Gasteiger partial charge in [0.2, 0.25) is 47.3 Å². The molecule has 81 heavy (non-hydrogen) atoms. The van der Waals surface area contributed by atoms with Crippen molar-refractivity contribution in [3.8, 4) is 5.75 Å². The fourth-order valence-corrected chi connectivity index (χ4v) is 9.11. The number of aromatic amines is 1. The van der Waals surface area contributed by atoms with Crippen LogP contribution >= 0.6 is 11.8 Å². The van der Waals surface area contributed by atoms with Crippen molar-refractivity contribution in [1.82, 2.24) is 47.3 Å². The smallest absolute Gasteiger partial charge is 0.326 e. The van der Waals surface area contributed by atoms with Crippen LogP contribution in [0.15, 0.2) is 54.7 Å². The molecule has 12 N–H and O–H groups in total. The predicted molar refractivity (Wildman–Crippen MR) is 294 cm³/mol. The molecule has 8 atom stereocenters. The topological polar surface area (TPSA) is 383 Å². The van der Waals surface area contributed by atoms with Gasteiger partial charge in [-0.3, -0.25) is 48.0 Å². The lowest BCUT2D eigenvalue weighted by Gasteiger charge is -2.31. The van der Waals surface area contributed by atoms with Gasteiger partial charge in [-0.05, 0) is 67.3 Å². The normalized spacial score (nSPS) is 15.8. The number of thioether (sulfide) groups is 1. The number of carbonyl (C=O) groups excluding carboxylic acids is 9. The number of rotatable bonds is 34. The summed E-state index contributed by atoms with van der Waals surface area (Å²) in [5.41, 5.74) is 4.08. The van der Waals surface area contributed by atoms with Gasteiger partial charge in [0.1, 0.15) is 54.6 Å². The van der Waals surface area contributed by atoms with Gasteiger partial charge in [-0.25, -0.2) is 10.3 Å². The number of fused-ring (bicyclic) bond motifs is 1. The second kappa shape index (κ2) is 33.6. The number of nitrogens with zero attached hydrogens (tertiary/aromatic N) is 1. The Kier molecular flexibility index (Phi) is 27.5. The van der Waals surface area contributed by atoms with E-state index in [9.17, 15) is 68.4 Å². The van der Waals surface area contributed by atoms with E-state index in [2.05, 4.69) is 42.4 Å². The quantitative estimate of drug-likeness (QED) is 0.0264. The van der Waals surface area contributed by atoms with Crippen LogP contribution in [0.3, 0.4) is 0 Å². The molecule has 0 aliphatic carbocycles. The molecule has 0 bridgehead atoms. The first-order chi connectivity index (χ1) is 38.5. The van der Waals surface area contributed by atoms with Crippen molar-refractivity contribution in [2.45, 2.75) is 128 Å². The average molecular weight is 1160 g/mol. The Bertz CT molecular complexity index is 2620. The molecule has 1 aliphatic rings. The van der Waals surface area contributed by atoms with Gasteiger partial charge in [-0.15, -0.1) is 0 Å². The van der Waals surface area contributed by atoms with Crippen LogP contribution in [0.4, 0.5) is 0 Å². The van der Waals surface area contributed by atoms with E-state index < -0.39 is 121 Å². The SMILES string of the molecule is CC(=O)SCCOCCC(=O)NOCCOCC(=O)N[C@@H](CC(C)C)C(=O)N[C@H](C(=O)N[C@H](C(=O)N[C@@H](CO)C(=O)N1CCC[C@H]1C(=O)NC(Cc1c[nH]c2ccccc12)C(=O)NC(Cc1ccc(O)cc1)C(=O)O)C(C)C)[C@@H](C)O. The Morgan fingerprint density at radius 2 is 1.40 bits per heavy atom. The number of phenolic OH excluding ortho intramolecular Hbond substituents is 1. The number of ether oxygens (including phenoxy) is 2. The summed E-state index contributed by atoms with van der Waals surface area (Å²) in [5.74, 6) is -8.14. The fourth-order valence-electron chi connectivity index (χ4n) is 8.62. The zero-order valence-electron chi connectivity index (χ0n) is 46.3. The first kappa shape index (κ1) is 66.3. The van der Waals surface area contributed by atoms with Gasteiger partial charge in [0, 0.05) is 49.2 Å². The summed E-state index contributed by atoms with van der Waals surface area (Å²) >= 11 is 1.11. The van der Waals surface area contributed by atoms with Gasteiger partial charge < -0.3 is 71.7 Å². The Balaban J connectivity index is 1.36. The molecule has 3 aromatic rings. The number of carbonyl (C=O) groups is 10. The number of aliphatic hydroxyl groups is 2. The number of hydroxylamine groups is 1. The highest BCUT2D eigenvalue weighted by atomic mass is 32.2.